The van der Waals surface area contributed by atoms with Gasteiger partial charge >= 0.3 is 5.97 Å². The molecule has 2 aromatic rings. The molecule has 2 rings (SSSR count). The summed E-state index contributed by atoms with van der Waals surface area (Å²) in [5.74, 6) is 1.31. The topological polar surface area (TPSA) is 83.1 Å². The molecule has 0 aliphatic heterocycles. The van der Waals surface area contributed by atoms with Gasteiger partial charge in [-0.15, -0.1) is 0 Å². The van der Waals surface area contributed by atoms with Crippen LogP contribution in [0.25, 0.3) is 0 Å². The van der Waals surface area contributed by atoms with Crippen molar-refractivity contribution in [1.29, 1.82) is 0 Å². The number of hydrogen-bond acceptors (Lipinski definition) is 6. The van der Waals surface area contributed by atoms with Crippen LogP contribution in [-0.4, -0.2) is 38.8 Å². The van der Waals surface area contributed by atoms with Crippen LogP contribution in [0.2, 0.25) is 0 Å². The zero-order valence-corrected chi connectivity index (χ0v) is 18.1. The lowest BCUT2D eigenvalue weighted by molar-refractivity contribution is -0.129. The first-order valence-corrected chi connectivity index (χ1v) is 9.76. The number of amides is 1. The van der Waals surface area contributed by atoms with E-state index in [1.165, 1.54) is 6.92 Å². The van der Waals surface area contributed by atoms with Gasteiger partial charge in [0.25, 0.3) is 5.91 Å². The van der Waals surface area contributed by atoms with Gasteiger partial charge in [0.2, 0.25) is 0 Å². The van der Waals surface area contributed by atoms with E-state index in [-0.39, 0.29) is 6.54 Å². The number of benzene rings is 2. The number of esters is 1. The molecule has 0 spiro atoms. The Bertz CT molecular complexity index is 847. The number of hydrogen-bond donors (Lipinski definition) is 1. The van der Waals surface area contributed by atoms with Gasteiger partial charge < -0.3 is 24.3 Å². The van der Waals surface area contributed by atoms with Crippen LogP contribution >= 0.6 is 0 Å². The van der Waals surface area contributed by atoms with Crippen molar-refractivity contribution >= 4 is 11.9 Å². The highest BCUT2D eigenvalue weighted by Crippen LogP contribution is 2.27. The quantitative estimate of drug-likeness (QED) is 0.597. The Balaban J connectivity index is 1.87. The van der Waals surface area contributed by atoms with Crippen LogP contribution in [0.5, 0.6) is 17.2 Å². The van der Waals surface area contributed by atoms with Crippen molar-refractivity contribution in [1.82, 2.24) is 5.32 Å². The first kappa shape index (κ1) is 23.1. The number of carbonyl (C=O) groups excluding carboxylic acids is 2. The highest BCUT2D eigenvalue weighted by Gasteiger charge is 2.19. The Morgan fingerprint density at radius 2 is 1.60 bits per heavy atom. The lowest BCUT2D eigenvalue weighted by Crippen LogP contribution is -2.35. The number of methoxy groups -OCH3 is 2. The van der Waals surface area contributed by atoms with Crippen LogP contribution < -0.4 is 19.5 Å². The summed E-state index contributed by atoms with van der Waals surface area (Å²) in [6.45, 7) is 6.51. The van der Waals surface area contributed by atoms with Gasteiger partial charge in [-0.05, 0) is 54.8 Å². The van der Waals surface area contributed by atoms with E-state index in [1.807, 2.05) is 6.07 Å². The second-order valence-corrected chi connectivity index (χ2v) is 7.18. The minimum Gasteiger partial charge on any atom is -0.493 e. The molecule has 0 heterocycles. The molecule has 0 fully saturated rings. The Kier molecular flexibility index (Phi) is 8.53. The number of nitrogens with one attached hydrogen (secondary N) is 1. The fraction of sp³-hybridized carbons (Fsp3) is 0.391. The predicted octanol–water partition coefficient (Wildman–Crippen LogP) is 3.60. The minimum absolute atomic E-state index is 0.267. The molecular formula is C23H29NO6. The first-order chi connectivity index (χ1) is 14.3. The maximum atomic E-state index is 12.3. The van der Waals surface area contributed by atoms with Gasteiger partial charge in [-0.2, -0.15) is 0 Å². The van der Waals surface area contributed by atoms with Gasteiger partial charge in [0.05, 0.1) is 26.4 Å². The zero-order valence-electron chi connectivity index (χ0n) is 18.1. The van der Waals surface area contributed by atoms with Gasteiger partial charge in [0.1, 0.15) is 5.75 Å². The zero-order chi connectivity index (χ0) is 22.1. The van der Waals surface area contributed by atoms with Crippen molar-refractivity contribution in [2.24, 2.45) is 5.92 Å². The molecule has 0 aromatic heterocycles. The summed E-state index contributed by atoms with van der Waals surface area (Å²) in [5, 5.41) is 2.75. The molecule has 162 valence electrons. The van der Waals surface area contributed by atoms with Crippen LogP contribution in [0.4, 0.5) is 0 Å². The lowest BCUT2D eigenvalue weighted by Gasteiger charge is -2.15. The van der Waals surface area contributed by atoms with Crippen molar-refractivity contribution in [3.05, 3.63) is 53.6 Å². The molecule has 0 aliphatic rings. The molecular weight excluding hydrogens is 386 g/mol. The molecule has 1 amide bonds. The van der Waals surface area contributed by atoms with Crippen LogP contribution in [0.15, 0.2) is 42.5 Å². The summed E-state index contributed by atoms with van der Waals surface area (Å²) in [4.78, 5) is 24.6. The Hall–Kier alpha value is -3.22. The normalized spacial score (nSPS) is 11.5. The average molecular weight is 415 g/mol. The van der Waals surface area contributed by atoms with E-state index in [4.69, 9.17) is 18.9 Å². The summed E-state index contributed by atoms with van der Waals surface area (Å²) in [6, 6.07) is 12.0. The number of carbonyl (C=O) groups is 2. The van der Waals surface area contributed by atoms with Crippen LogP contribution in [0.3, 0.4) is 0 Å². The van der Waals surface area contributed by atoms with Gasteiger partial charge in [-0.1, -0.05) is 19.9 Å². The first-order valence-electron chi connectivity index (χ1n) is 9.76. The van der Waals surface area contributed by atoms with Gasteiger partial charge in [-0.25, -0.2) is 4.79 Å². The van der Waals surface area contributed by atoms with Crippen molar-refractivity contribution in [2.75, 3.05) is 20.8 Å². The summed E-state index contributed by atoms with van der Waals surface area (Å²) >= 11 is 0. The average Bonchev–Trinajstić information content (AvgIpc) is 2.75. The van der Waals surface area contributed by atoms with E-state index in [9.17, 15) is 9.59 Å². The molecule has 0 radical (unpaired) electrons. The Morgan fingerprint density at radius 1 is 0.933 bits per heavy atom. The Labute approximate surface area is 177 Å². The van der Waals surface area contributed by atoms with E-state index < -0.39 is 18.0 Å². The summed E-state index contributed by atoms with van der Waals surface area (Å²) in [7, 11) is 3.10. The maximum Gasteiger partial charge on any atom is 0.338 e. The molecule has 1 N–H and O–H groups in total. The fourth-order valence-electron chi connectivity index (χ4n) is 2.56. The van der Waals surface area contributed by atoms with Gasteiger partial charge in [0.15, 0.2) is 17.6 Å². The monoisotopic (exact) mass is 415 g/mol. The second-order valence-electron chi connectivity index (χ2n) is 7.18. The smallest absolute Gasteiger partial charge is 0.338 e. The Morgan fingerprint density at radius 3 is 2.20 bits per heavy atom. The molecule has 7 nitrogen and oxygen atoms in total. The van der Waals surface area contributed by atoms with Crippen molar-refractivity contribution in [2.45, 2.75) is 33.4 Å². The minimum atomic E-state index is -0.936. The molecule has 2 aromatic carbocycles. The highest BCUT2D eigenvalue weighted by atomic mass is 16.5. The van der Waals surface area contributed by atoms with Gasteiger partial charge in [-0.3, -0.25) is 4.79 Å². The third-order valence-electron chi connectivity index (χ3n) is 4.24. The second kappa shape index (κ2) is 11.1. The lowest BCUT2D eigenvalue weighted by atomic mass is 10.2. The molecule has 30 heavy (non-hydrogen) atoms. The van der Waals surface area contributed by atoms with Crippen LogP contribution in [-0.2, 0) is 16.1 Å². The third kappa shape index (κ3) is 6.69. The highest BCUT2D eigenvalue weighted by molar-refractivity contribution is 5.92. The third-order valence-corrected chi connectivity index (χ3v) is 4.24. The molecule has 1 atom stereocenters. The molecule has 0 aliphatic carbocycles. The van der Waals surface area contributed by atoms with Gasteiger partial charge in [0, 0.05) is 6.54 Å². The predicted molar refractivity (Wildman–Crippen MR) is 113 cm³/mol. The summed E-state index contributed by atoms with van der Waals surface area (Å²) in [6.07, 6.45) is -0.936. The molecule has 0 saturated carbocycles. The standard InChI is InChI=1S/C23H29NO6/c1-15(2)14-29-19-9-7-18(8-10-19)23(26)30-16(3)22(25)24-13-17-6-11-20(27-4)21(12-17)28-5/h6-12,15-16H,13-14H2,1-5H3,(H,24,25)/t16-/m0/s1. The molecule has 7 heteroatoms. The molecule has 0 unspecified atom stereocenters. The van der Waals surface area contributed by atoms with Crippen molar-refractivity contribution in [3.8, 4) is 17.2 Å². The number of rotatable bonds is 10. The number of ether oxygens (including phenoxy) is 4. The SMILES string of the molecule is COc1ccc(CNC(=O)[C@H](C)OC(=O)c2ccc(OCC(C)C)cc2)cc1OC. The van der Waals surface area contributed by atoms with Crippen molar-refractivity contribution < 1.29 is 28.5 Å². The van der Waals surface area contributed by atoms with E-state index in [0.717, 1.165) is 5.56 Å². The van der Waals surface area contributed by atoms with E-state index in [0.29, 0.717) is 35.3 Å². The molecule has 0 saturated heterocycles. The van der Waals surface area contributed by atoms with Crippen LogP contribution in [0, 0.1) is 5.92 Å². The fourth-order valence-corrected chi connectivity index (χ4v) is 2.56. The largest absolute Gasteiger partial charge is 0.493 e. The van der Waals surface area contributed by atoms with E-state index >= 15 is 0 Å². The summed E-state index contributed by atoms with van der Waals surface area (Å²) in [5.41, 5.74) is 1.18. The summed E-state index contributed by atoms with van der Waals surface area (Å²) < 4.78 is 21.3. The van der Waals surface area contributed by atoms with E-state index in [2.05, 4.69) is 19.2 Å². The van der Waals surface area contributed by atoms with E-state index in [1.54, 1.807) is 50.6 Å². The van der Waals surface area contributed by atoms with Crippen LogP contribution in [0.1, 0.15) is 36.7 Å². The van der Waals surface area contributed by atoms with Crippen molar-refractivity contribution in [3.63, 3.8) is 0 Å². The maximum absolute atomic E-state index is 12.3. The molecule has 0 bridgehead atoms.